The average molecular weight is 568 g/mol. The number of hydrogen-bond donors (Lipinski definition) is 0. The van der Waals surface area contributed by atoms with Crippen molar-refractivity contribution in [3.63, 3.8) is 0 Å². The molecule has 7 rings (SSSR count). The molecule has 226 valence electrons. The van der Waals surface area contributed by atoms with E-state index in [1.807, 2.05) is 37.2 Å². The monoisotopic (exact) mass is 567 g/mol. The molecule has 0 amide bonds. The second kappa shape index (κ2) is 9.62. The first-order chi connectivity index (χ1) is 18.7. The highest BCUT2D eigenvalue weighted by Crippen LogP contribution is 2.84. The molecule has 0 N–H and O–H groups in total. The first-order valence-electron chi connectivity index (χ1n) is 17.0. The van der Waals surface area contributed by atoms with Gasteiger partial charge in [-0.05, 0) is 124 Å². The normalized spacial score (nSPS) is 50.3. The quantitative estimate of drug-likeness (QED) is 0.307. The third-order valence-corrected chi connectivity index (χ3v) is 16.0. The summed E-state index contributed by atoms with van der Waals surface area (Å²) in [6, 6.07) is 0. The zero-order chi connectivity index (χ0) is 29.0. The molecule has 7 aliphatic rings. The SMILES string of the molecule is CC(C)COC1CSC23C4=CC[C@]56C=C7C[C@]([C@H](C)C(C)C)(CCC5(C)C4CCC2[C@]1(C)CC3C)[C@@H]76.CN(C)C. The van der Waals surface area contributed by atoms with Crippen molar-refractivity contribution in [2.45, 2.75) is 111 Å². The highest BCUT2D eigenvalue weighted by molar-refractivity contribution is 8.01. The van der Waals surface area contributed by atoms with Gasteiger partial charge in [0.1, 0.15) is 0 Å². The molecule has 0 radical (unpaired) electrons. The summed E-state index contributed by atoms with van der Waals surface area (Å²) in [5, 5.41) is 0. The smallest absolute Gasteiger partial charge is 0.0722 e. The van der Waals surface area contributed by atoms with Gasteiger partial charge in [-0.1, -0.05) is 78.7 Å². The molecule has 2 nitrogen and oxygen atoms in total. The van der Waals surface area contributed by atoms with Crippen LogP contribution in [0.2, 0.25) is 0 Å². The molecule has 1 spiro atoms. The predicted octanol–water partition coefficient (Wildman–Crippen LogP) is 9.12. The highest BCUT2D eigenvalue weighted by atomic mass is 32.2. The van der Waals surface area contributed by atoms with E-state index < -0.39 is 0 Å². The minimum absolute atomic E-state index is 0.354. The second-order valence-electron chi connectivity index (χ2n) is 17.4. The van der Waals surface area contributed by atoms with Gasteiger partial charge in [0.15, 0.2) is 0 Å². The minimum Gasteiger partial charge on any atom is -0.377 e. The second-order valence-corrected chi connectivity index (χ2v) is 18.7. The molecule has 1 heterocycles. The van der Waals surface area contributed by atoms with E-state index in [0.29, 0.717) is 38.4 Å². The summed E-state index contributed by atoms with van der Waals surface area (Å²) in [7, 11) is 6.00. The van der Waals surface area contributed by atoms with Gasteiger partial charge in [-0.15, -0.1) is 11.8 Å². The molecule has 11 atom stereocenters. The van der Waals surface area contributed by atoms with E-state index >= 15 is 0 Å². The van der Waals surface area contributed by atoms with Crippen LogP contribution < -0.4 is 0 Å². The molecule has 6 aliphatic carbocycles. The Morgan fingerprint density at radius 2 is 1.75 bits per heavy atom. The maximum absolute atomic E-state index is 6.67. The maximum atomic E-state index is 6.67. The zero-order valence-electron chi connectivity index (χ0n) is 27.9. The van der Waals surface area contributed by atoms with Crippen molar-refractivity contribution in [3.05, 3.63) is 23.3 Å². The summed E-state index contributed by atoms with van der Waals surface area (Å²) in [5.74, 6) is 6.77. The molecule has 0 aromatic heterocycles. The Hall–Kier alpha value is -0.250. The van der Waals surface area contributed by atoms with Gasteiger partial charge >= 0.3 is 0 Å². The fraction of sp³-hybridized carbons (Fsp3) is 0.892. The Kier molecular flexibility index (Phi) is 7.17. The molecule has 3 heteroatoms. The van der Waals surface area contributed by atoms with Crippen LogP contribution in [0.15, 0.2) is 23.3 Å². The van der Waals surface area contributed by atoms with E-state index in [1.165, 1.54) is 50.7 Å². The van der Waals surface area contributed by atoms with Gasteiger partial charge in [0, 0.05) is 22.5 Å². The van der Waals surface area contributed by atoms with Gasteiger partial charge < -0.3 is 9.64 Å². The standard InChI is InChI=1S/C34H52OS.C3H9N/c1-20(2)18-35-28-19-36-34-22(5)15-30(28,7)27(34)10-9-25-26(34)11-12-33-17-24-16-32(29(24)33,23(6)21(3)4)14-13-31(25,33)8;1-4(2)3/h11,17,20-23,25,27-29H,9-10,12-16,18-19H2,1-8H3;1-3H3/t22?,23-,25?,27?,28?,29-,30+,31?,32+,33-,34?;/m1./s1. The average Bonchev–Trinajstić information content (AvgIpc) is 3.00. The molecular weight excluding hydrogens is 506 g/mol. The van der Waals surface area contributed by atoms with Gasteiger partial charge in [-0.3, -0.25) is 0 Å². The van der Waals surface area contributed by atoms with Gasteiger partial charge in [0.05, 0.1) is 6.10 Å². The molecule has 4 saturated carbocycles. The third kappa shape index (κ3) is 3.62. The maximum Gasteiger partial charge on any atom is 0.0722 e. The lowest BCUT2D eigenvalue weighted by molar-refractivity contribution is -0.199. The van der Waals surface area contributed by atoms with E-state index in [-0.39, 0.29) is 0 Å². The van der Waals surface area contributed by atoms with E-state index in [1.54, 1.807) is 0 Å². The Balaban J connectivity index is 0.000000680. The fourth-order valence-electron chi connectivity index (χ4n) is 12.2. The van der Waals surface area contributed by atoms with Crippen LogP contribution in [0.4, 0.5) is 0 Å². The molecular formula is C37H61NOS. The Morgan fingerprint density at radius 1 is 1.05 bits per heavy atom. The number of thioether (sulfide) groups is 1. The lowest BCUT2D eigenvalue weighted by atomic mass is 9.25. The van der Waals surface area contributed by atoms with Crippen LogP contribution >= 0.6 is 11.8 Å². The van der Waals surface area contributed by atoms with Crippen LogP contribution in [-0.4, -0.2) is 49.3 Å². The van der Waals surface area contributed by atoms with Crippen LogP contribution in [0.25, 0.3) is 0 Å². The molecule has 0 aromatic rings. The molecule has 1 aliphatic heterocycles. The van der Waals surface area contributed by atoms with Crippen LogP contribution in [0.5, 0.6) is 0 Å². The van der Waals surface area contributed by atoms with Crippen molar-refractivity contribution >= 4 is 11.8 Å². The predicted molar refractivity (Wildman–Crippen MR) is 173 cm³/mol. The molecule has 5 fully saturated rings. The fourth-order valence-corrected chi connectivity index (χ4v) is 14.5. The van der Waals surface area contributed by atoms with Crippen molar-refractivity contribution < 1.29 is 4.74 Å². The van der Waals surface area contributed by atoms with E-state index in [0.717, 1.165) is 42.1 Å². The summed E-state index contributed by atoms with van der Waals surface area (Å²) in [6.07, 6.45) is 16.1. The third-order valence-electron chi connectivity index (χ3n) is 14.1. The largest absolute Gasteiger partial charge is 0.377 e. The number of allylic oxidation sites excluding steroid dienone is 3. The molecule has 2 bridgehead atoms. The Bertz CT molecular complexity index is 1070. The van der Waals surface area contributed by atoms with Crippen molar-refractivity contribution in [1.29, 1.82) is 0 Å². The van der Waals surface area contributed by atoms with Crippen molar-refractivity contribution in [3.8, 4) is 0 Å². The van der Waals surface area contributed by atoms with E-state index in [2.05, 4.69) is 79.3 Å². The molecule has 6 unspecified atom stereocenters. The molecule has 40 heavy (non-hydrogen) atoms. The Morgan fingerprint density at radius 3 is 2.38 bits per heavy atom. The summed E-state index contributed by atoms with van der Waals surface area (Å²) in [5.41, 5.74) is 5.69. The van der Waals surface area contributed by atoms with Gasteiger partial charge in [-0.2, -0.15) is 0 Å². The summed E-state index contributed by atoms with van der Waals surface area (Å²) in [6.45, 7) is 21.1. The number of hydrogen-bond acceptors (Lipinski definition) is 3. The van der Waals surface area contributed by atoms with Crippen molar-refractivity contribution in [1.82, 2.24) is 4.90 Å². The number of ether oxygens (including phenoxy) is 1. The zero-order valence-corrected chi connectivity index (χ0v) is 28.7. The first-order valence-corrected chi connectivity index (χ1v) is 18.0. The highest BCUT2D eigenvalue weighted by Gasteiger charge is 2.77. The van der Waals surface area contributed by atoms with Crippen LogP contribution in [0.1, 0.15) is 100 Å². The molecule has 1 saturated heterocycles. The topological polar surface area (TPSA) is 12.5 Å². The summed E-state index contributed by atoms with van der Waals surface area (Å²) >= 11 is 2.35. The number of fused-ring (bicyclic) bond motifs is 2. The lowest BCUT2D eigenvalue weighted by Crippen LogP contribution is -2.71. The van der Waals surface area contributed by atoms with Crippen LogP contribution in [-0.2, 0) is 4.74 Å². The Labute approximate surface area is 251 Å². The number of rotatable bonds is 5. The minimum atomic E-state index is 0.354. The van der Waals surface area contributed by atoms with Gasteiger partial charge in [0.2, 0.25) is 0 Å². The van der Waals surface area contributed by atoms with Crippen LogP contribution in [0.3, 0.4) is 0 Å². The first kappa shape index (κ1) is 29.8. The lowest BCUT2D eigenvalue weighted by Gasteiger charge is -2.79. The van der Waals surface area contributed by atoms with E-state index in [4.69, 9.17) is 4.74 Å². The van der Waals surface area contributed by atoms with Crippen LogP contribution in [0, 0.1) is 63.1 Å². The number of nitrogens with zero attached hydrogens (tertiary/aromatic N) is 1. The molecule has 0 aromatic carbocycles. The summed E-state index contributed by atoms with van der Waals surface area (Å²) in [4.78, 5) is 2.00. The van der Waals surface area contributed by atoms with Gasteiger partial charge in [0.25, 0.3) is 0 Å². The summed E-state index contributed by atoms with van der Waals surface area (Å²) < 4.78 is 7.06. The van der Waals surface area contributed by atoms with Crippen molar-refractivity contribution in [2.24, 2.45) is 63.1 Å². The van der Waals surface area contributed by atoms with E-state index in [9.17, 15) is 0 Å². The van der Waals surface area contributed by atoms with Crippen molar-refractivity contribution in [2.75, 3.05) is 33.5 Å². The van der Waals surface area contributed by atoms with Gasteiger partial charge in [-0.25, -0.2) is 0 Å².